The molecule has 0 bridgehead atoms. The Bertz CT molecular complexity index is 684. The Hall–Kier alpha value is -0.910. The summed E-state index contributed by atoms with van der Waals surface area (Å²) in [6.07, 6.45) is 0. The van der Waals surface area contributed by atoms with Gasteiger partial charge < -0.3 is 1.43 Å². The third kappa shape index (κ3) is 3.22. The van der Waals surface area contributed by atoms with Crippen molar-refractivity contribution in [3.63, 3.8) is 0 Å². The molecule has 0 saturated heterocycles. The predicted octanol–water partition coefficient (Wildman–Crippen LogP) is 1.64. The maximum Gasteiger partial charge on any atom is 1.00 e. The van der Waals surface area contributed by atoms with E-state index < -0.39 is 0 Å². The van der Waals surface area contributed by atoms with E-state index in [-0.39, 0.29) is 31.0 Å². The van der Waals surface area contributed by atoms with Crippen molar-refractivity contribution in [2.75, 3.05) is 0 Å². The minimum atomic E-state index is 0. The molecule has 0 aliphatic rings. The monoisotopic (exact) mass is 286 g/mol. The van der Waals surface area contributed by atoms with Crippen LogP contribution in [0, 0.1) is 0 Å². The zero-order valence-corrected chi connectivity index (χ0v) is 14.7. The molecule has 0 aromatic heterocycles. The molecule has 3 aromatic rings. The van der Waals surface area contributed by atoms with E-state index >= 15 is 0 Å². The second kappa shape index (κ2) is 7.20. The summed E-state index contributed by atoms with van der Waals surface area (Å²) in [4.78, 5) is 0. The van der Waals surface area contributed by atoms with Crippen LogP contribution in [0.5, 0.6) is 0 Å². The minimum Gasteiger partial charge on any atom is -1.00 e. The molecular formula is C18H16NaP. The third-order valence-corrected chi connectivity index (χ3v) is 3.73. The quantitative estimate of drug-likeness (QED) is 0.496. The van der Waals surface area contributed by atoms with Gasteiger partial charge >= 0.3 is 29.6 Å². The van der Waals surface area contributed by atoms with Crippen molar-refractivity contribution in [1.29, 1.82) is 0 Å². The normalized spacial score (nSPS) is 9.85. The SMILES string of the molecule is Pc1cccc(-c2ccccc2)c1-c1ccccc1.[H-].[Na+]. The Morgan fingerprint density at radius 3 is 1.75 bits per heavy atom. The molecule has 2 heteroatoms. The summed E-state index contributed by atoms with van der Waals surface area (Å²) in [6, 6.07) is 27.5. The number of benzene rings is 3. The molecule has 0 saturated carbocycles. The molecule has 1 atom stereocenters. The largest absolute Gasteiger partial charge is 1.00 e. The molecule has 3 rings (SSSR count). The third-order valence-electron chi connectivity index (χ3n) is 3.24. The fourth-order valence-corrected chi connectivity index (χ4v) is 2.79. The van der Waals surface area contributed by atoms with Gasteiger partial charge in [0.1, 0.15) is 0 Å². The van der Waals surface area contributed by atoms with Gasteiger partial charge in [0.05, 0.1) is 0 Å². The second-order valence-corrected chi connectivity index (χ2v) is 5.12. The summed E-state index contributed by atoms with van der Waals surface area (Å²) in [7, 11) is 2.84. The van der Waals surface area contributed by atoms with Crippen molar-refractivity contribution in [1.82, 2.24) is 0 Å². The zero-order chi connectivity index (χ0) is 13.1. The van der Waals surface area contributed by atoms with Crippen LogP contribution in [0.2, 0.25) is 0 Å². The van der Waals surface area contributed by atoms with Gasteiger partial charge in [0.25, 0.3) is 0 Å². The van der Waals surface area contributed by atoms with Crippen molar-refractivity contribution >= 4 is 14.5 Å². The summed E-state index contributed by atoms with van der Waals surface area (Å²) in [5.74, 6) is 0. The van der Waals surface area contributed by atoms with E-state index in [4.69, 9.17) is 0 Å². The first-order valence-electron chi connectivity index (χ1n) is 6.35. The molecule has 0 nitrogen and oxygen atoms in total. The van der Waals surface area contributed by atoms with Crippen LogP contribution in [-0.2, 0) is 0 Å². The van der Waals surface area contributed by atoms with Crippen LogP contribution in [0.1, 0.15) is 1.43 Å². The molecule has 94 valence electrons. The van der Waals surface area contributed by atoms with E-state index in [1.54, 1.807) is 0 Å². The molecule has 20 heavy (non-hydrogen) atoms. The van der Waals surface area contributed by atoms with Gasteiger partial charge in [-0.2, -0.15) is 0 Å². The van der Waals surface area contributed by atoms with Crippen LogP contribution in [0.3, 0.4) is 0 Å². The first-order valence-corrected chi connectivity index (χ1v) is 6.93. The van der Waals surface area contributed by atoms with Crippen LogP contribution in [0.4, 0.5) is 0 Å². The van der Waals surface area contributed by atoms with Gasteiger partial charge in [-0.25, -0.2) is 0 Å². The van der Waals surface area contributed by atoms with Crippen molar-refractivity contribution in [3.8, 4) is 22.3 Å². The summed E-state index contributed by atoms with van der Waals surface area (Å²) >= 11 is 0. The van der Waals surface area contributed by atoms with Crippen LogP contribution in [-0.4, -0.2) is 0 Å². The zero-order valence-electron chi connectivity index (χ0n) is 12.6. The molecule has 3 aromatic carbocycles. The summed E-state index contributed by atoms with van der Waals surface area (Å²) in [6.45, 7) is 0. The van der Waals surface area contributed by atoms with Crippen molar-refractivity contribution in [2.45, 2.75) is 0 Å². The Labute approximate surface area is 146 Å². The second-order valence-electron chi connectivity index (χ2n) is 4.50. The van der Waals surface area contributed by atoms with Gasteiger partial charge in [0.15, 0.2) is 0 Å². The van der Waals surface area contributed by atoms with Crippen molar-refractivity contribution in [3.05, 3.63) is 78.9 Å². The van der Waals surface area contributed by atoms with Gasteiger partial charge in [-0.3, -0.25) is 0 Å². The fraction of sp³-hybridized carbons (Fsp3) is 0. The molecule has 0 radical (unpaired) electrons. The standard InChI is InChI=1S/C18H15P.Na.H/c19-17-13-7-12-16(14-8-3-1-4-9-14)18(17)15-10-5-2-6-11-15;;/h1-13H,19H2;;/q;+1;-1. The molecule has 0 N–H and O–H groups in total. The van der Waals surface area contributed by atoms with Gasteiger partial charge in [0, 0.05) is 0 Å². The molecule has 0 amide bonds. The molecule has 0 heterocycles. The Kier molecular flexibility index (Phi) is 5.57. The van der Waals surface area contributed by atoms with Gasteiger partial charge in [-0.05, 0) is 27.6 Å². The molecule has 1 unspecified atom stereocenters. The number of rotatable bonds is 2. The fourth-order valence-electron chi connectivity index (χ4n) is 2.36. The van der Waals surface area contributed by atoms with Crippen molar-refractivity contribution < 1.29 is 31.0 Å². The van der Waals surface area contributed by atoms with Crippen LogP contribution in [0.25, 0.3) is 22.3 Å². The first-order chi connectivity index (χ1) is 9.36. The Morgan fingerprint density at radius 2 is 1.15 bits per heavy atom. The van der Waals surface area contributed by atoms with E-state index in [1.165, 1.54) is 27.6 Å². The average Bonchev–Trinajstić information content (AvgIpc) is 2.49. The van der Waals surface area contributed by atoms with Crippen LogP contribution >= 0.6 is 9.24 Å². The smallest absolute Gasteiger partial charge is 1.00 e. The Balaban J connectivity index is 0.00000110. The van der Waals surface area contributed by atoms with E-state index in [1.807, 2.05) is 0 Å². The Morgan fingerprint density at radius 1 is 0.600 bits per heavy atom. The predicted molar refractivity (Wildman–Crippen MR) is 87.8 cm³/mol. The van der Waals surface area contributed by atoms with Gasteiger partial charge in [0.2, 0.25) is 0 Å². The van der Waals surface area contributed by atoms with Crippen molar-refractivity contribution in [2.24, 2.45) is 0 Å². The molecule has 0 aliphatic heterocycles. The van der Waals surface area contributed by atoms with Crippen LogP contribution < -0.4 is 34.9 Å². The molecule has 0 spiro atoms. The molecule has 0 fully saturated rings. The maximum atomic E-state index is 2.84. The molecule has 0 aliphatic carbocycles. The van der Waals surface area contributed by atoms with E-state index in [0.717, 1.165) is 0 Å². The summed E-state index contributed by atoms with van der Waals surface area (Å²) in [5, 5.41) is 1.23. The minimum absolute atomic E-state index is 0. The van der Waals surface area contributed by atoms with E-state index in [2.05, 4.69) is 88.1 Å². The van der Waals surface area contributed by atoms with E-state index in [9.17, 15) is 0 Å². The summed E-state index contributed by atoms with van der Waals surface area (Å²) < 4.78 is 0. The first kappa shape index (κ1) is 15.5. The maximum absolute atomic E-state index is 2.84. The summed E-state index contributed by atoms with van der Waals surface area (Å²) in [5.41, 5.74) is 5.08. The molecular weight excluding hydrogens is 270 g/mol. The topological polar surface area (TPSA) is 0 Å². The van der Waals surface area contributed by atoms with E-state index in [0.29, 0.717) is 0 Å². The number of hydrogen-bond donors (Lipinski definition) is 0. The van der Waals surface area contributed by atoms with Crippen LogP contribution in [0.15, 0.2) is 78.9 Å². The average molecular weight is 286 g/mol. The van der Waals surface area contributed by atoms with Gasteiger partial charge in [-0.15, -0.1) is 9.24 Å². The number of hydrogen-bond acceptors (Lipinski definition) is 0. The van der Waals surface area contributed by atoms with Gasteiger partial charge in [-0.1, -0.05) is 78.9 Å².